The molecule has 112 valence electrons. The van der Waals surface area contributed by atoms with Crippen molar-refractivity contribution in [1.82, 2.24) is 5.01 Å². The van der Waals surface area contributed by atoms with Crippen molar-refractivity contribution in [2.45, 2.75) is 32.2 Å². The lowest BCUT2D eigenvalue weighted by Crippen LogP contribution is -2.40. The van der Waals surface area contributed by atoms with Gasteiger partial charge in [-0.1, -0.05) is 29.8 Å². The van der Waals surface area contributed by atoms with Gasteiger partial charge in [-0.15, -0.1) is 0 Å². The van der Waals surface area contributed by atoms with Gasteiger partial charge < -0.3 is 0 Å². The van der Waals surface area contributed by atoms with Crippen molar-refractivity contribution in [3.8, 4) is 0 Å². The Hall–Kier alpha value is -1.69. The van der Waals surface area contributed by atoms with Gasteiger partial charge in [0, 0.05) is 12.8 Å². The van der Waals surface area contributed by atoms with Crippen LogP contribution in [0, 0.1) is 6.92 Å². The lowest BCUT2D eigenvalue weighted by molar-refractivity contribution is -0.133. The van der Waals surface area contributed by atoms with Crippen LogP contribution in [-0.4, -0.2) is 42.6 Å². The molecule has 0 N–H and O–H groups in total. The molecule has 0 aliphatic carbocycles. The molecule has 0 bridgehead atoms. The molecule has 6 heteroatoms. The molecule has 21 heavy (non-hydrogen) atoms. The Morgan fingerprint density at radius 3 is 2.52 bits per heavy atom. The number of sulfone groups is 1. The van der Waals surface area contributed by atoms with Crippen molar-refractivity contribution in [2.75, 3.05) is 11.5 Å². The number of amides is 1. The molecule has 1 aromatic rings. The van der Waals surface area contributed by atoms with Gasteiger partial charge in [0.25, 0.3) is 0 Å². The van der Waals surface area contributed by atoms with Gasteiger partial charge in [0.05, 0.1) is 23.3 Å². The zero-order valence-electron chi connectivity index (χ0n) is 11.9. The normalized spacial score (nSPS) is 25.0. The van der Waals surface area contributed by atoms with Gasteiger partial charge >= 0.3 is 0 Å². The molecule has 1 atom stereocenters. The molecule has 0 radical (unpaired) electrons. The summed E-state index contributed by atoms with van der Waals surface area (Å²) in [7, 11) is -3.02. The third-order valence-electron chi connectivity index (χ3n) is 4.00. The maximum absolute atomic E-state index is 12.0. The monoisotopic (exact) mass is 306 g/mol. The van der Waals surface area contributed by atoms with Crippen LogP contribution >= 0.6 is 0 Å². The number of aryl methyl sites for hydroxylation is 1. The average molecular weight is 306 g/mol. The first-order chi connectivity index (χ1) is 9.94. The van der Waals surface area contributed by atoms with E-state index < -0.39 is 9.84 Å². The summed E-state index contributed by atoms with van der Waals surface area (Å²) in [4.78, 5) is 12.0. The second kappa shape index (κ2) is 5.26. The zero-order valence-corrected chi connectivity index (χ0v) is 12.8. The number of hydrogen-bond donors (Lipinski definition) is 0. The molecular formula is C15H18N2O3S. The molecule has 1 saturated heterocycles. The van der Waals surface area contributed by atoms with Crippen molar-refractivity contribution in [2.24, 2.45) is 5.10 Å². The number of rotatable bonds is 2. The molecule has 1 aromatic carbocycles. The number of benzene rings is 1. The highest BCUT2D eigenvalue weighted by atomic mass is 32.2. The largest absolute Gasteiger partial charge is 0.273 e. The van der Waals surface area contributed by atoms with Crippen molar-refractivity contribution >= 4 is 21.5 Å². The number of nitrogens with zero attached hydrogens (tertiary/aromatic N) is 2. The molecule has 3 rings (SSSR count). The van der Waals surface area contributed by atoms with E-state index in [-0.39, 0.29) is 23.5 Å². The summed E-state index contributed by atoms with van der Waals surface area (Å²) in [5.74, 6) is 0.105. The van der Waals surface area contributed by atoms with Crippen LogP contribution in [0.15, 0.2) is 29.4 Å². The zero-order chi connectivity index (χ0) is 15.0. The molecule has 2 aliphatic rings. The number of carbonyl (C=O) groups is 1. The Labute approximate surface area is 124 Å². The number of hydrogen-bond acceptors (Lipinski definition) is 4. The average Bonchev–Trinajstić information content (AvgIpc) is 2.80. The molecule has 1 amide bonds. The summed E-state index contributed by atoms with van der Waals surface area (Å²) in [6.45, 7) is 2.02. The predicted molar refractivity (Wildman–Crippen MR) is 80.9 cm³/mol. The quantitative estimate of drug-likeness (QED) is 0.832. The second-order valence-corrected chi connectivity index (χ2v) is 7.94. The minimum Gasteiger partial charge on any atom is -0.273 e. The van der Waals surface area contributed by atoms with Gasteiger partial charge in [-0.3, -0.25) is 4.79 Å². The smallest absolute Gasteiger partial charge is 0.243 e. The van der Waals surface area contributed by atoms with Crippen LogP contribution in [0.4, 0.5) is 0 Å². The summed E-state index contributed by atoms with van der Waals surface area (Å²) < 4.78 is 23.2. The fourth-order valence-electron chi connectivity index (χ4n) is 2.78. The molecule has 2 heterocycles. The van der Waals surface area contributed by atoms with E-state index in [0.29, 0.717) is 19.3 Å². The van der Waals surface area contributed by atoms with Crippen molar-refractivity contribution in [1.29, 1.82) is 0 Å². The maximum atomic E-state index is 12.0. The van der Waals surface area contributed by atoms with E-state index in [0.717, 1.165) is 11.3 Å². The van der Waals surface area contributed by atoms with Crippen LogP contribution in [0.5, 0.6) is 0 Å². The van der Waals surface area contributed by atoms with E-state index in [4.69, 9.17) is 0 Å². The Kier molecular flexibility index (Phi) is 3.57. The Morgan fingerprint density at radius 2 is 1.90 bits per heavy atom. The molecule has 0 aromatic heterocycles. The minimum absolute atomic E-state index is 0.0312. The van der Waals surface area contributed by atoms with E-state index in [1.807, 2.05) is 31.2 Å². The van der Waals surface area contributed by atoms with Crippen LogP contribution in [0.1, 0.15) is 30.4 Å². The molecule has 0 spiro atoms. The molecular weight excluding hydrogens is 288 g/mol. The highest BCUT2D eigenvalue weighted by Gasteiger charge is 2.36. The van der Waals surface area contributed by atoms with Crippen LogP contribution in [-0.2, 0) is 14.6 Å². The molecule has 5 nitrogen and oxygen atoms in total. The first kappa shape index (κ1) is 14.3. The van der Waals surface area contributed by atoms with Crippen LogP contribution < -0.4 is 0 Å². The van der Waals surface area contributed by atoms with Gasteiger partial charge in [-0.2, -0.15) is 5.10 Å². The van der Waals surface area contributed by atoms with Crippen LogP contribution in [0.3, 0.4) is 0 Å². The third-order valence-corrected chi connectivity index (χ3v) is 5.75. The van der Waals surface area contributed by atoms with Gasteiger partial charge in [0.15, 0.2) is 9.84 Å². The van der Waals surface area contributed by atoms with Gasteiger partial charge in [-0.05, 0) is 18.9 Å². The second-order valence-electron chi connectivity index (χ2n) is 5.71. The fourth-order valence-corrected chi connectivity index (χ4v) is 4.47. The van der Waals surface area contributed by atoms with E-state index in [1.165, 1.54) is 10.6 Å². The van der Waals surface area contributed by atoms with Gasteiger partial charge in [0.1, 0.15) is 0 Å². The van der Waals surface area contributed by atoms with E-state index in [1.54, 1.807) is 0 Å². The summed E-state index contributed by atoms with van der Waals surface area (Å²) in [5.41, 5.74) is 3.03. The lowest BCUT2D eigenvalue weighted by Gasteiger charge is -2.28. The Bertz CT molecular complexity index is 692. The Morgan fingerprint density at radius 1 is 1.19 bits per heavy atom. The van der Waals surface area contributed by atoms with Crippen molar-refractivity contribution < 1.29 is 13.2 Å². The maximum Gasteiger partial charge on any atom is 0.243 e. The highest BCUT2D eigenvalue weighted by Crippen LogP contribution is 2.23. The van der Waals surface area contributed by atoms with Gasteiger partial charge in [-0.25, -0.2) is 13.4 Å². The number of carbonyl (C=O) groups excluding carboxylic acids is 1. The lowest BCUT2D eigenvalue weighted by atomic mass is 10.0. The third kappa shape index (κ3) is 3.00. The number of hydrazone groups is 1. The van der Waals surface area contributed by atoms with Crippen LogP contribution in [0.2, 0.25) is 0 Å². The standard InChI is InChI=1S/C15H18N2O3S/c1-11-2-4-12(5-3-11)14-6-7-15(18)17(16-14)13-8-9-21(19,20)10-13/h2-5,13H,6-10H2,1H3/t13-/m0/s1. The predicted octanol–water partition coefficient (Wildman–Crippen LogP) is 1.51. The first-order valence-electron chi connectivity index (χ1n) is 7.12. The van der Waals surface area contributed by atoms with E-state index >= 15 is 0 Å². The summed E-state index contributed by atoms with van der Waals surface area (Å²) in [5, 5.41) is 5.85. The summed E-state index contributed by atoms with van der Waals surface area (Å²) >= 11 is 0. The Balaban J connectivity index is 1.88. The first-order valence-corrected chi connectivity index (χ1v) is 8.94. The van der Waals surface area contributed by atoms with E-state index in [2.05, 4.69) is 5.10 Å². The van der Waals surface area contributed by atoms with Crippen molar-refractivity contribution in [3.63, 3.8) is 0 Å². The molecule has 0 saturated carbocycles. The summed E-state index contributed by atoms with van der Waals surface area (Å²) in [6.07, 6.45) is 1.49. The fraction of sp³-hybridized carbons (Fsp3) is 0.467. The van der Waals surface area contributed by atoms with Gasteiger partial charge in [0.2, 0.25) is 5.91 Å². The van der Waals surface area contributed by atoms with Crippen molar-refractivity contribution in [3.05, 3.63) is 35.4 Å². The highest BCUT2D eigenvalue weighted by molar-refractivity contribution is 7.91. The molecule has 0 unspecified atom stereocenters. The topological polar surface area (TPSA) is 66.8 Å². The molecule has 2 aliphatic heterocycles. The summed E-state index contributed by atoms with van der Waals surface area (Å²) in [6, 6.07) is 7.71. The molecule has 1 fully saturated rings. The van der Waals surface area contributed by atoms with E-state index in [9.17, 15) is 13.2 Å². The van der Waals surface area contributed by atoms with Crippen LogP contribution in [0.25, 0.3) is 0 Å². The minimum atomic E-state index is -3.02. The SMILES string of the molecule is Cc1ccc(C2=NN([C@H]3CCS(=O)(=O)C3)C(=O)CC2)cc1.